The summed E-state index contributed by atoms with van der Waals surface area (Å²) in [7, 11) is 0. The predicted octanol–water partition coefficient (Wildman–Crippen LogP) is 4.95. The molecule has 0 saturated heterocycles. The van der Waals surface area contributed by atoms with Gasteiger partial charge in [-0.05, 0) is 29.8 Å². The zero-order valence-corrected chi connectivity index (χ0v) is 17.8. The molecular weight excluding hydrogens is 478 g/mol. The van der Waals surface area contributed by atoms with Gasteiger partial charge in [0.1, 0.15) is 17.0 Å². The van der Waals surface area contributed by atoms with Crippen molar-refractivity contribution in [3.8, 4) is 0 Å². The molecule has 0 aliphatic heterocycles. The van der Waals surface area contributed by atoms with Gasteiger partial charge >= 0.3 is 6.18 Å². The monoisotopic (exact) mass is 491 g/mol. The second-order valence-corrected chi connectivity index (χ2v) is 7.54. The van der Waals surface area contributed by atoms with Gasteiger partial charge in [0.05, 0.1) is 17.4 Å². The Labute approximate surface area is 194 Å². The van der Waals surface area contributed by atoms with Gasteiger partial charge in [-0.15, -0.1) is 0 Å². The number of fused-ring (bicyclic) bond motifs is 1. The van der Waals surface area contributed by atoms with Gasteiger partial charge in [0.25, 0.3) is 11.8 Å². The fourth-order valence-electron chi connectivity index (χ4n) is 3.25. The summed E-state index contributed by atoms with van der Waals surface area (Å²) in [6, 6.07) is 8.90. The Morgan fingerprint density at radius 1 is 1.09 bits per heavy atom. The van der Waals surface area contributed by atoms with E-state index in [9.17, 15) is 27.2 Å². The van der Waals surface area contributed by atoms with Crippen LogP contribution in [0.1, 0.15) is 32.0 Å². The van der Waals surface area contributed by atoms with Gasteiger partial charge in [0, 0.05) is 29.3 Å². The van der Waals surface area contributed by atoms with Crippen molar-refractivity contribution < 1.29 is 27.2 Å². The molecule has 12 heteroatoms. The highest BCUT2D eigenvalue weighted by Gasteiger charge is 2.38. The third kappa shape index (κ3) is 4.84. The normalized spacial score (nSPS) is 11.4. The highest BCUT2D eigenvalue weighted by molar-refractivity contribution is 6.30. The van der Waals surface area contributed by atoms with Crippen LogP contribution in [0.25, 0.3) is 11.0 Å². The summed E-state index contributed by atoms with van der Waals surface area (Å²) in [5.74, 6) is -3.20. The minimum absolute atomic E-state index is 0.0441. The molecule has 7 nitrogen and oxygen atoms in total. The number of halogens is 5. The number of hydrogen-bond donors (Lipinski definition) is 3. The van der Waals surface area contributed by atoms with E-state index < -0.39 is 35.1 Å². The number of pyridine rings is 2. The van der Waals surface area contributed by atoms with E-state index in [1.807, 2.05) is 0 Å². The molecule has 0 bridgehead atoms. The number of aromatic nitrogens is 3. The van der Waals surface area contributed by atoms with E-state index in [2.05, 4.69) is 25.6 Å². The van der Waals surface area contributed by atoms with Crippen LogP contribution in [0.4, 0.5) is 23.2 Å². The first-order chi connectivity index (χ1) is 16.1. The summed E-state index contributed by atoms with van der Waals surface area (Å²) in [6.07, 6.45) is -1.85. The van der Waals surface area contributed by atoms with Gasteiger partial charge in [-0.25, -0.2) is 9.37 Å². The van der Waals surface area contributed by atoms with Crippen LogP contribution >= 0.6 is 11.6 Å². The van der Waals surface area contributed by atoms with Crippen LogP contribution in [-0.2, 0) is 12.7 Å². The van der Waals surface area contributed by atoms with E-state index in [4.69, 9.17) is 11.6 Å². The average Bonchev–Trinajstić information content (AvgIpc) is 3.20. The molecule has 174 valence electrons. The summed E-state index contributed by atoms with van der Waals surface area (Å²) < 4.78 is 53.6. The summed E-state index contributed by atoms with van der Waals surface area (Å²) >= 11 is 5.94. The zero-order chi connectivity index (χ0) is 24.5. The number of rotatable bonds is 5. The number of aromatic amines is 1. The van der Waals surface area contributed by atoms with Crippen molar-refractivity contribution >= 4 is 40.1 Å². The Morgan fingerprint density at radius 3 is 2.62 bits per heavy atom. The quantitative estimate of drug-likeness (QED) is 0.344. The van der Waals surface area contributed by atoms with Crippen molar-refractivity contribution in [3.63, 3.8) is 0 Å². The molecule has 0 aliphatic carbocycles. The third-order valence-electron chi connectivity index (χ3n) is 4.77. The lowest BCUT2D eigenvalue weighted by Crippen LogP contribution is -2.23. The largest absolute Gasteiger partial charge is 0.434 e. The molecule has 4 aromatic rings. The maximum Gasteiger partial charge on any atom is 0.434 e. The average molecular weight is 492 g/mol. The van der Waals surface area contributed by atoms with Crippen LogP contribution in [0.3, 0.4) is 0 Å². The molecule has 3 N–H and O–H groups in total. The van der Waals surface area contributed by atoms with Crippen molar-refractivity contribution in [2.75, 3.05) is 5.32 Å². The number of benzene rings is 1. The number of carbonyl (C=O) groups excluding carboxylic acids is 2. The number of anilines is 1. The van der Waals surface area contributed by atoms with Gasteiger partial charge in [-0.1, -0.05) is 23.7 Å². The Morgan fingerprint density at radius 2 is 1.88 bits per heavy atom. The Kier molecular flexibility index (Phi) is 6.20. The minimum Gasteiger partial charge on any atom is -0.348 e. The van der Waals surface area contributed by atoms with E-state index in [0.717, 1.165) is 11.8 Å². The number of nitrogens with one attached hydrogen (secondary N) is 3. The number of alkyl halides is 3. The van der Waals surface area contributed by atoms with E-state index in [1.165, 1.54) is 12.3 Å². The molecule has 4 rings (SSSR count). The van der Waals surface area contributed by atoms with Gasteiger partial charge in [-0.2, -0.15) is 13.2 Å². The molecule has 3 heterocycles. The number of H-pyrrole nitrogens is 1. The van der Waals surface area contributed by atoms with Crippen LogP contribution in [-0.4, -0.2) is 26.8 Å². The topological polar surface area (TPSA) is 99.8 Å². The van der Waals surface area contributed by atoms with Crippen LogP contribution in [0.15, 0.2) is 55.0 Å². The minimum atomic E-state index is -5.04. The molecule has 0 unspecified atom stereocenters. The maximum absolute atomic E-state index is 14.1. The fourth-order valence-corrected chi connectivity index (χ4v) is 3.46. The van der Waals surface area contributed by atoms with Crippen molar-refractivity contribution in [1.29, 1.82) is 0 Å². The number of hydrogen-bond acceptors (Lipinski definition) is 4. The molecule has 2 amide bonds. The van der Waals surface area contributed by atoms with E-state index >= 15 is 0 Å². The number of nitrogens with zero attached hydrogens (tertiary/aromatic N) is 2. The van der Waals surface area contributed by atoms with Crippen LogP contribution in [0.5, 0.6) is 0 Å². The molecule has 0 spiro atoms. The molecule has 0 fully saturated rings. The lowest BCUT2D eigenvalue weighted by molar-refractivity contribution is -0.141. The lowest BCUT2D eigenvalue weighted by Gasteiger charge is -2.12. The molecule has 0 radical (unpaired) electrons. The Balaban J connectivity index is 1.57. The molecule has 34 heavy (non-hydrogen) atoms. The lowest BCUT2D eigenvalue weighted by atomic mass is 10.1. The molecule has 1 aromatic carbocycles. The molecule has 0 aliphatic rings. The predicted molar refractivity (Wildman–Crippen MR) is 116 cm³/mol. The second kappa shape index (κ2) is 9.10. The van der Waals surface area contributed by atoms with Gasteiger partial charge < -0.3 is 15.6 Å². The molecule has 0 saturated carbocycles. The smallest absolute Gasteiger partial charge is 0.348 e. The van der Waals surface area contributed by atoms with E-state index in [0.29, 0.717) is 28.3 Å². The van der Waals surface area contributed by atoms with Crippen molar-refractivity contribution in [2.24, 2.45) is 0 Å². The molecule has 3 aromatic heterocycles. The maximum atomic E-state index is 14.1. The first kappa shape index (κ1) is 23.2. The molecular formula is C22H14ClF4N5O2. The SMILES string of the molecule is O=C(Nc1cnc2[nH]cc(C(=O)NCc3cccc(Cl)c3)c2c1)c1c(F)ccnc1C(F)(F)F. The van der Waals surface area contributed by atoms with Gasteiger partial charge in [0.2, 0.25) is 0 Å². The summed E-state index contributed by atoms with van der Waals surface area (Å²) in [6.45, 7) is 0.191. The van der Waals surface area contributed by atoms with Crippen molar-refractivity contribution in [1.82, 2.24) is 20.3 Å². The fraction of sp³-hybridized carbons (Fsp3) is 0.0909. The Bertz CT molecular complexity index is 1400. The summed E-state index contributed by atoms with van der Waals surface area (Å²) in [5, 5.41) is 5.72. The third-order valence-corrected chi connectivity index (χ3v) is 5.01. The van der Waals surface area contributed by atoms with Crippen LogP contribution < -0.4 is 10.6 Å². The highest BCUT2D eigenvalue weighted by atomic mass is 35.5. The van der Waals surface area contributed by atoms with Gasteiger partial charge in [0.15, 0.2) is 5.69 Å². The highest BCUT2D eigenvalue weighted by Crippen LogP contribution is 2.32. The van der Waals surface area contributed by atoms with Crippen molar-refractivity contribution in [3.05, 3.63) is 88.2 Å². The van der Waals surface area contributed by atoms with Gasteiger partial charge in [-0.3, -0.25) is 14.6 Å². The van der Waals surface area contributed by atoms with Crippen molar-refractivity contribution in [2.45, 2.75) is 12.7 Å². The number of amides is 2. The number of carbonyl (C=O) groups is 2. The standard InChI is InChI=1S/C22H14ClF4N5O2/c23-12-3-1-2-11(6-12)8-31-20(33)15-10-30-19-14(15)7-13(9-29-19)32-21(34)17-16(24)4-5-28-18(17)22(25,26)27/h1-7,9-10H,8H2,(H,29,30)(H,31,33)(H,32,34). The van der Waals surface area contributed by atoms with Crippen LogP contribution in [0.2, 0.25) is 5.02 Å². The first-order valence-corrected chi connectivity index (χ1v) is 10.0. The van der Waals surface area contributed by atoms with E-state index in [1.54, 1.807) is 24.3 Å². The summed E-state index contributed by atoms with van der Waals surface area (Å²) in [4.78, 5) is 35.1. The zero-order valence-electron chi connectivity index (χ0n) is 17.0. The molecule has 0 atom stereocenters. The second-order valence-electron chi connectivity index (χ2n) is 7.10. The first-order valence-electron chi connectivity index (χ1n) is 9.66. The Hall–Kier alpha value is -3.99. The van der Waals surface area contributed by atoms with Crippen LogP contribution in [0, 0.1) is 5.82 Å². The van der Waals surface area contributed by atoms with E-state index in [-0.39, 0.29) is 17.8 Å². The summed E-state index contributed by atoms with van der Waals surface area (Å²) in [5.41, 5.74) is -1.69.